The minimum absolute atomic E-state index is 0.0170. The number of carbonyl (C=O) groups excluding carboxylic acids is 3. The SMILES string of the molecule is COC(=O)c1ccc(CN2C(=O)S/C(=C/c3ccoc3)C2=O)o1. The molecular formula is C15H11NO6S. The fraction of sp³-hybridized carbons (Fsp3) is 0.133. The Morgan fingerprint density at radius 3 is 2.87 bits per heavy atom. The highest BCUT2D eigenvalue weighted by Crippen LogP contribution is 2.33. The molecular weight excluding hydrogens is 322 g/mol. The lowest BCUT2D eigenvalue weighted by Gasteiger charge is -2.09. The smallest absolute Gasteiger partial charge is 0.373 e. The number of nitrogens with zero attached hydrogens (tertiary/aromatic N) is 1. The molecule has 1 fully saturated rings. The highest BCUT2D eigenvalue weighted by molar-refractivity contribution is 8.18. The maximum atomic E-state index is 12.3. The molecule has 2 aromatic rings. The molecule has 8 heteroatoms. The van der Waals surface area contributed by atoms with E-state index in [4.69, 9.17) is 8.83 Å². The summed E-state index contributed by atoms with van der Waals surface area (Å²) in [5, 5.41) is -0.402. The number of methoxy groups -OCH3 is 1. The number of amides is 2. The minimum Gasteiger partial charge on any atom is -0.472 e. The molecule has 2 aromatic heterocycles. The van der Waals surface area contributed by atoms with Crippen molar-refractivity contribution < 1.29 is 28.0 Å². The molecule has 118 valence electrons. The summed E-state index contributed by atoms with van der Waals surface area (Å²) in [5.74, 6) is -0.705. The Balaban J connectivity index is 1.76. The van der Waals surface area contributed by atoms with E-state index in [0.29, 0.717) is 16.2 Å². The topological polar surface area (TPSA) is 90.0 Å². The molecule has 0 aliphatic carbocycles. The van der Waals surface area contributed by atoms with Gasteiger partial charge in [-0.05, 0) is 36.0 Å². The number of rotatable bonds is 4. The van der Waals surface area contributed by atoms with Crippen LogP contribution in [0.25, 0.3) is 6.08 Å². The molecule has 0 bridgehead atoms. The van der Waals surface area contributed by atoms with Crippen molar-refractivity contribution in [3.63, 3.8) is 0 Å². The molecule has 1 saturated heterocycles. The first-order valence-corrected chi connectivity index (χ1v) is 7.34. The van der Waals surface area contributed by atoms with Crippen LogP contribution in [0.15, 0.2) is 44.5 Å². The Hall–Kier alpha value is -2.74. The molecule has 3 rings (SSSR count). The van der Waals surface area contributed by atoms with Gasteiger partial charge in [0.15, 0.2) is 0 Å². The second-order valence-electron chi connectivity index (χ2n) is 4.58. The van der Waals surface area contributed by atoms with E-state index in [9.17, 15) is 14.4 Å². The van der Waals surface area contributed by atoms with E-state index in [1.165, 1.54) is 31.8 Å². The first-order valence-electron chi connectivity index (χ1n) is 6.53. The second-order valence-corrected chi connectivity index (χ2v) is 5.58. The van der Waals surface area contributed by atoms with Gasteiger partial charge < -0.3 is 13.6 Å². The normalized spacial score (nSPS) is 16.4. The zero-order valence-corrected chi connectivity index (χ0v) is 12.8. The summed E-state index contributed by atoms with van der Waals surface area (Å²) in [7, 11) is 1.24. The number of carbonyl (C=O) groups is 3. The molecule has 0 unspecified atom stereocenters. The summed E-state index contributed by atoms with van der Waals surface area (Å²) in [6, 6.07) is 4.64. The Morgan fingerprint density at radius 2 is 2.17 bits per heavy atom. The van der Waals surface area contributed by atoms with Gasteiger partial charge in [0.25, 0.3) is 11.1 Å². The number of ether oxygens (including phenoxy) is 1. The van der Waals surface area contributed by atoms with E-state index in [1.807, 2.05) is 0 Å². The van der Waals surface area contributed by atoms with E-state index in [0.717, 1.165) is 16.7 Å². The van der Waals surface area contributed by atoms with Crippen molar-refractivity contribution in [2.45, 2.75) is 6.54 Å². The summed E-state index contributed by atoms with van der Waals surface area (Å²) in [6.07, 6.45) is 4.53. The highest BCUT2D eigenvalue weighted by Gasteiger charge is 2.35. The minimum atomic E-state index is -0.620. The Morgan fingerprint density at radius 1 is 1.35 bits per heavy atom. The predicted octanol–water partition coefficient (Wildman–Crippen LogP) is 2.90. The number of furan rings is 2. The van der Waals surface area contributed by atoms with Crippen molar-refractivity contribution in [2.24, 2.45) is 0 Å². The molecule has 0 radical (unpaired) electrons. The molecule has 0 spiro atoms. The van der Waals surface area contributed by atoms with Crippen LogP contribution in [0.4, 0.5) is 4.79 Å². The molecule has 2 amide bonds. The largest absolute Gasteiger partial charge is 0.472 e. The lowest BCUT2D eigenvalue weighted by Crippen LogP contribution is -2.27. The zero-order valence-electron chi connectivity index (χ0n) is 12.0. The quantitative estimate of drug-likeness (QED) is 0.627. The maximum absolute atomic E-state index is 12.3. The molecule has 0 saturated carbocycles. The lowest BCUT2D eigenvalue weighted by atomic mass is 10.3. The van der Waals surface area contributed by atoms with Crippen LogP contribution in [-0.4, -0.2) is 29.1 Å². The second kappa shape index (κ2) is 6.17. The van der Waals surface area contributed by atoms with Crippen molar-refractivity contribution in [1.82, 2.24) is 4.90 Å². The molecule has 1 aliphatic heterocycles. The van der Waals surface area contributed by atoms with Crippen molar-refractivity contribution in [2.75, 3.05) is 7.11 Å². The van der Waals surface area contributed by atoms with Crippen LogP contribution in [0.2, 0.25) is 0 Å². The Labute approximate surface area is 134 Å². The van der Waals surface area contributed by atoms with Crippen LogP contribution in [0.5, 0.6) is 0 Å². The molecule has 7 nitrogen and oxygen atoms in total. The van der Waals surface area contributed by atoms with Crippen LogP contribution in [0.3, 0.4) is 0 Å². The van der Waals surface area contributed by atoms with Crippen LogP contribution in [0.1, 0.15) is 21.9 Å². The summed E-state index contributed by atoms with van der Waals surface area (Å²) in [5.41, 5.74) is 0.696. The van der Waals surface area contributed by atoms with E-state index in [1.54, 1.807) is 12.1 Å². The first kappa shape index (κ1) is 15.2. The van der Waals surface area contributed by atoms with Crippen LogP contribution in [-0.2, 0) is 16.1 Å². The third-order valence-corrected chi connectivity index (χ3v) is 3.98. The summed E-state index contributed by atoms with van der Waals surface area (Å²) >= 11 is 0.840. The third-order valence-electron chi connectivity index (χ3n) is 3.08. The van der Waals surface area contributed by atoms with Crippen LogP contribution in [0, 0.1) is 0 Å². The van der Waals surface area contributed by atoms with E-state index in [2.05, 4.69) is 4.74 Å². The molecule has 3 heterocycles. The van der Waals surface area contributed by atoms with Gasteiger partial charge in [-0.3, -0.25) is 14.5 Å². The third kappa shape index (κ3) is 3.07. The van der Waals surface area contributed by atoms with Gasteiger partial charge in [0.1, 0.15) is 5.76 Å². The average molecular weight is 333 g/mol. The number of esters is 1. The van der Waals surface area contributed by atoms with Crippen molar-refractivity contribution in [3.8, 4) is 0 Å². The monoisotopic (exact) mass is 333 g/mol. The Kier molecular flexibility index (Phi) is 4.07. The number of hydrogen-bond acceptors (Lipinski definition) is 7. The van der Waals surface area contributed by atoms with Gasteiger partial charge in [-0.2, -0.15) is 0 Å². The van der Waals surface area contributed by atoms with E-state index in [-0.39, 0.29) is 12.3 Å². The molecule has 1 aliphatic rings. The van der Waals surface area contributed by atoms with E-state index < -0.39 is 17.1 Å². The van der Waals surface area contributed by atoms with Gasteiger partial charge in [-0.25, -0.2) is 4.79 Å². The predicted molar refractivity (Wildman–Crippen MR) is 80.3 cm³/mol. The first-order chi connectivity index (χ1) is 11.1. The van der Waals surface area contributed by atoms with Crippen molar-refractivity contribution in [1.29, 1.82) is 0 Å². The fourth-order valence-electron chi connectivity index (χ4n) is 1.97. The maximum Gasteiger partial charge on any atom is 0.373 e. The van der Waals surface area contributed by atoms with Gasteiger partial charge in [-0.1, -0.05) is 0 Å². The lowest BCUT2D eigenvalue weighted by molar-refractivity contribution is -0.123. The standard InChI is InChI=1S/C15H11NO6S/c1-20-14(18)11-3-2-10(22-11)7-16-13(17)12(23-15(16)19)6-9-4-5-21-8-9/h2-6,8H,7H2,1H3/b12-6+. The number of thioether (sulfide) groups is 1. The average Bonchev–Trinajstić information content (AvgIpc) is 3.26. The summed E-state index contributed by atoms with van der Waals surface area (Å²) < 4.78 is 14.7. The van der Waals surface area contributed by atoms with Crippen molar-refractivity contribution in [3.05, 3.63) is 52.7 Å². The summed E-state index contributed by atoms with van der Waals surface area (Å²) in [6.45, 7) is -0.0512. The Bertz CT molecular complexity index is 789. The van der Waals surface area contributed by atoms with Gasteiger partial charge in [0, 0.05) is 5.56 Å². The van der Waals surface area contributed by atoms with Crippen LogP contribution >= 0.6 is 11.8 Å². The fourth-order valence-corrected chi connectivity index (χ4v) is 2.81. The molecule has 0 N–H and O–H groups in total. The van der Waals surface area contributed by atoms with Crippen molar-refractivity contribution >= 4 is 35.0 Å². The van der Waals surface area contributed by atoms with Gasteiger partial charge in [-0.15, -0.1) is 0 Å². The van der Waals surface area contributed by atoms with Gasteiger partial charge in [0.05, 0.1) is 31.1 Å². The highest BCUT2D eigenvalue weighted by atomic mass is 32.2. The van der Waals surface area contributed by atoms with E-state index >= 15 is 0 Å². The molecule has 0 atom stereocenters. The summed E-state index contributed by atoms with van der Waals surface area (Å²) in [4.78, 5) is 37.0. The zero-order chi connectivity index (χ0) is 16.4. The molecule has 23 heavy (non-hydrogen) atoms. The van der Waals surface area contributed by atoms with Crippen LogP contribution < -0.4 is 0 Å². The van der Waals surface area contributed by atoms with Gasteiger partial charge in [0.2, 0.25) is 5.76 Å². The molecule has 0 aromatic carbocycles. The van der Waals surface area contributed by atoms with Gasteiger partial charge >= 0.3 is 5.97 Å². The number of hydrogen-bond donors (Lipinski definition) is 0. The number of imide groups is 1.